The van der Waals surface area contributed by atoms with Gasteiger partial charge in [0.15, 0.2) is 0 Å². The minimum atomic E-state index is 0.0137. The smallest absolute Gasteiger partial charge is 0.221 e. The van der Waals surface area contributed by atoms with Gasteiger partial charge in [-0.25, -0.2) is 0 Å². The molecule has 0 spiro atoms. The predicted octanol–water partition coefficient (Wildman–Crippen LogP) is 3.35. The van der Waals surface area contributed by atoms with Crippen molar-refractivity contribution in [3.05, 3.63) is 50.3 Å². The molecule has 1 aliphatic carbocycles. The quantitative estimate of drug-likeness (QED) is 0.751. The van der Waals surface area contributed by atoms with Gasteiger partial charge in [-0.3, -0.25) is 4.79 Å². The van der Waals surface area contributed by atoms with Crippen LogP contribution in [0, 0.1) is 0 Å². The number of hydrogen-bond acceptors (Lipinski definition) is 3. The van der Waals surface area contributed by atoms with Crippen LogP contribution in [-0.4, -0.2) is 32.2 Å². The van der Waals surface area contributed by atoms with Gasteiger partial charge in [-0.05, 0) is 43.4 Å². The molecule has 1 aromatic heterocycles. The largest absolute Gasteiger partial charge is 0.370 e. The van der Waals surface area contributed by atoms with Crippen LogP contribution in [0.5, 0.6) is 0 Å². The molecule has 2 heterocycles. The summed E-state index contributed by atoms with van der Waals surface area (Å²) in [6.07, 6.45) is 4.74. The molecule has 0 bridgehead atoms. The molecule has 1 aliphatic heterocycles. The number of aryl methyl sites for hydroxylation is 1. The van der Waals surface area contributed by atoms with Crippen LogP contribution in [-0.2, 0) is 22.4 Å². The molecular weight excluding hydrogens is 424 g/mol. The lowest BCUT2D eigenvalue weighted by Crippen LogP contribution is -3.14. The van der Waals surface area contributed by atoms with Crippen LogP contribution in [0.4, 0.5) is 5.00 Å². The number of carbonyl (C=O) groups excluding carboxylic acids is 1. The van der Waals surface area contributed by atoms with E-state index < -0.39 is 0 Å². The first-order valence-electron chi connectivity index (χ1n) is 9.73. The average Bonchev–Trinajstić information content (AvgIpc) is 3.00. The molecule has 2 aromatic rings. The highest BCUT2D eigenvalue weighted by Crippen LogP contribution is 2.42. The van der Waals surface area contributed by atoms with Crippen LogP contribution in [0.25, 0.3) is 0 Å². The second-order valence-corrected chi connectivity index (χ2v) is 9.41. The Morgan fingerprint density at radius 3 is 2.78 bits per heavy atom. The number of ether oxygens (including phenoxy) is 1. The molecule has 1 aromatic carbocycles. The summed E-state index contributed by atoms with van der Waals surface area (Å²) in [7, 11) is 0. The lowest BCUT2D eigenvalue weighted by atomic mass is 9.88. The van der Waals surface area contributed by atoms with Gasteiger partial charge in [0.25, 0.3) is 0 Å². The standard InChI is InChI=1S/C21H25BrN2O2S/c1-14(25)23-21-19(17-7-2-3-8-18(17)27-21)20(24-9-11-26-12-10-24)15-5-4-6-16(22)13-15/h4-6,13,20H,2-3,7-12H2,1H3,(H,23,25)/p+1. The number of amides is 1. The molecular formula is C21H26BrN2O2S+. The summed E-state index contributed by atoms with van der Waals surface area (Å²) in [6.45, 7) is 5.17. The minimum Gasteiger partial charge on any atom is -0.370 e. The Kier molecular flexibility index (Phi) is 5.97. The predicted molar refractivity (Wildman–Crippen MR) is 113 cm³/mol. The fraction of sp³-hybridized carbons (Fsp3) is 0.476. The van der Waals surface area contributed by atoms with Crippen LogP contribution < -0.4 is 10.2 Å². The van der Waals surface area contributed by atoms with Gasteiger partial charge in [0, 0.05) is 21.8 Å². The first kappa shape index (κ1) is 19.1. The molecule has 27 heavy (non-hydrogen) atoms. The van der Waals surface area contributed by atoms with E-state index in [-0.39, 0.29) is 11.9 Å². The Labute approximate surface area is 173 Å². The Hall–Kier alpha value is -1.21. The van der Waals surface area contributed by atoms with Gasteiger partial charge in [-0.1, -0.05) is 28.1 Å². The van der Waals surface area contributed by atoms with E-state index in [0.29, 0.717) is 0 Å². The highest BCUT2D eigenvalue weighted by molar-refractivity contribution is 9.10. The van der Waals surface area contributed by atoms with Crippen LogP contribution >= 0.6 is 27.3 Å². The summed E-state index contributed by atoms with van der Waals surface area (Å²) < 4.78 is 6.74. The molecule has 1 fully saturated rings. The van der Waals surface area contributed by atoms with E-state index in [2.05, 4.69) is 45.5 Å². The molecule has 1 unspecified atom stereocenters. The van der Waals surface area contributed by atoms with Gasteiger partial charge in [0.05, 0.1) is 18.8 Å². The van der Waals surface area contributed by atoms with Crippen LogP contribution in [0.3, 0.4) is 0 Å². The highest BCUT2D eigenvalue weighted by Gasteiger charge is 2.35. The number of quaternary nitrogens is 1. The topological polar surface area (TPSA) is 42.8 Å². The van der Waals surface area contributed by atoms with Crippen LogP contribution in [0.2, 0.25) is 0 Å². The molecule has 4 nitrogen and oxygen atoms in total. The maximum absolute atomic E-state index is 11.9. The second kappa shape index (κ2) is 8.43. The molecule has 0 radical (unpaired) electrons. The SMILES string of the molecule is CC(=O)Nc1sc2c(c1C(c1cccc(Br)c1)[NH+]1CCOCC1)CCCC2. The number of nitrogens with one attached hydrogen (secondary N) is 2. The maximum Gasteiger partial charge on any atom is 0.221 e. The van der Waals surface area contributed by atoms with Crippen molar-refractivity contribution in [3.63, 3.8) is 0 Å². The van der Waals surface area contributed by atoms with Crippen LogP contribution in [0.15, 0.2) is 28.7 Å². The fourth-order valence-electron chi connectivity index (χ4n) is 4.36. The molecule has 6 heteroatoms. The fourth-order valence-corrected chi connectivity index (χ4v) is 6.15. The van der Waals surface area contributed by atoms with Crippen molar-refractivity contribution in [2.24, 2.45) is 0 Å². The van der Waals surface area contributed by atoms with Crippen molar-refractivity contribution < 1.29 is 14.4 Å². The summed E-state index contributed by atoms with van der Waals surface area (Å²) in [4.78, 5) is 14.9. The number of morpholine rings is 1. The molecule has 2 N–H and O–H groups in total. The number of fused-ring (bicyclic) bond motifs is 1. The number of halogens is 1. The van der Waals surface area contributed by atoms with Crippen molar-refractivity contribution in [1.29, 1.82) is 0 Å². The van der Waals surface area contributed by atoms with Crippen molar-refractivity contribution >= 4 is 38.2 Å². The van der Waals surface area contributed by atoms with Gasteiger partial charge in [0.1, 0.15) is 24.1 Å². The van der Waals surface area contributed by atoms with E-state index >= 15 is 0 Å². The highest BCUT2D eigenvalue weighted by atomic mass is 79.9. The third-order valence-electron chi connectivity index (χ3n) is 5.52. The van der Waals surface area contributed by atoms with E-state index in [1.165, 1.54) is 39.3 Å². The Balaban J connectivity index is 1.86. The summed E-state index contributed by atoms with van der Waals surface area (Å²) in [5.41, 5.74) is 4.14. The van der Waals surface area contributed by atoms with Crippen molar-refractivity contribution in [3.8, 4) is 0 Å². The number of anilines is 1. The third-order valence-corrected chi connectivity index (χ3v) is 7.23. The zero-order chi connectivity index (χ0) is 18.8. The molecule has 1 saturated heterocycles. The Morgan fingerprint density at radius 1 is 1.26 bits per heavy atom. The number of thiophene rings is 1. The Morgan fingerprint density at radius 2 is 2.04 bits per heavy atom. The lowest BCUT2D eigenvalue weighted by Gasteiger charge is -2.33. The number of carbonyl (C=O) groups is 1. The van der Waals surface area contributed by atoms with E-state index in [1.54, 1.807) is 18.3 Å². The molecule has 1 amide bonds. The maximum atomic E-state index is 11.9. The molecule has 144 valence electrons. The van der Waals surface area contributed by atoms with Gasteiger partial charge < -0.3 is 15.0 Å². The normalized spacial score (nSPS) is 18.7. The van der Waals surface area contributed by atoms with E-state index in [1.807, 2.05) is 0 Å². The van der Waals surface area contributed by atoms with Crippen LogP contribution in [0.1, 0.15) is 47.4 Å². The van der Waals surface area contributed by atoms with Crippen molar-refractivity contribution in [2.45, 2.75) is 38.6 Å². The second-order valence-electron chi connectivity index (χ2n) is 7.39. The van der Waals surface area contributed by atoms with E-state index in [9.17, 15) is 4.79 Å². The first-order chi connectivity index (χ1) is 13.1. The Bertz CT molecular complexity index is 830. The zero-order valence-electron chi connectivity index (χ0n) is 15.6. The lowest BCUT2D eigenvalue weighted by molar-refractivity contribution is -0.933. The van der Waals surface area contributed by atoms with Crippen molar-refractivity contribution in [2.75, 3.05) is 31.6 Å². The van der Waals surface area contributed by atoms with E-state index in [0.717, 1.165) is 48.6 Å². The number of benzene rings is 1. The molecule has 0 saturated carbocycles. The molecule has 2 aliphatic rings. The van der Waals surface area contributed by atoms with Gasteiger partial charge in [-0.2, -0.15) is 0 Å². The third kappa shape index (κ3) is 4.14. The van der Waals surface area contributed by atoms with Gasteiger partial charge >= 0.3 is 0 Å². The average molecular weight is 450 g/mol. The van der Waals surface area contributed by atoms with Gasteiger partial charge in [0.2, 0.25) is 5.91 Å². The summed E-state index contributed by atoms with van der Waals surface area (Å²) in [5.74, 6) is 0.0137. The monoisotopic (exact) mass is 449 g/mol. The van der Waals surface area contributed by atoms with E-state index in [4.69, 9.17) is 4.74 Å². The number of hydrogen-bond donors (Lipinski definition) is 2. The first-order valence-corrected chi connectivity index (χ1v) is 11.3. The zero-order valence-corrected chi connectivity index (χ0v) is 18.0. The van der Waals surface area contributed by atoms with Crippen molar-refractivity contribution in [1.82, 2.24) is 0 Å². The minimum absolute atomic E-state index is 0.0137. The summed E-state index contributed by atoms with van der Waals surface area (Å²) in [6, 6.07) is 8.88. The summed E-state index contributed by atoms with van der Waals surface area (Å²) in [5, 5.41) is 4.21. The summed E-state index contributed by atoms with van der Waals surface area (Å²) >= 11 is 5.44. The molecule has 1 atom stereocenters. The number of rotatable bonds is 4. The van der Waals surface area contributed by atoms with Gasteiger partial charge in [-0.15, -0.1) is 11.3 Å². The molecule has 4 rings (SSSR count).